The van der Waals surface area contributed by atoms with E-state index in [-0.39, 0.29) is 30.4 Å². The van der Waals surface area contributed by atoms with Crippen LogP contribution >= 0.6 is 0 Å². The molecule has 0 unspecified atom stereocenters. The Morgan fingerprint density at radius 3 is 2.27 bits per heavy atom. The van der Waals surface area contributed by atoms with E-state index in [1.807, 2.05) is 6.07 Å². The van der Waals surface area contributed by atoms with E-state index in [1.165, 1.54) is 6.92 Å². The lowest BCUT2D eigenvalue weighted by atomic mass is 10.1. The number of nitrogens with zero attached hydrogens (tertiary/aromatic N) is 1. The van der Waals surface area contributed by atoms with Crippen LogP contribution in [0.15, 0.2) is 64.2 Å². The molecule has 9 heteroatoms. The number of amides is 2. The van der Waals surface area contributed by atoms with E-state index in [1.54, 1.807) is 48.5 Å². The van der Waals surface area contributed by atoms with Crippen LogP contribution < -0.4 is 27.6 Å². The van der Waals surface area contributed by atoms with Crippen molar-refractivity contribution in [2.24, 2.45) is 0 Å². The van der Waals surface area contributed by atoms with Gasteiger partial charge in [-0.25, -0.2) is 4.79 Å². The van der Waals surface area contributed by atoms with E-state index in [4.69, 9.17) is 5.73 Å². The number of nitrogens with one attached hydrogen (secondary N) is 3. The summed E-state index contributed by atoms with van der Waals surface area (Å²) in [7, 11) is 0. The van der Waals surface area contributed by atoms with Crippen LogP contribution in [0.1, 0.15) is 18.1 Å². The normalized spacial score (nSPS) is 10.4. The minimum atomic E-state index is -0.686. The van der Waals surface area contributed by atoms with Crippen LogP contribution in [-0.4, -0.2) is 21.4 Å². The van der Waals surface area contributed by atoms with E-state index in [9.17, 15) is 19.2 Å². The van der Waals surface area contributed by atoms with Gasteiger partial charge in [0.15, 0.2) is 0 Å². The number of hydrogen-bond acceptors (Lipinski definition) is 5. The van der Waals surface area contributed by atoms with E-state index in [2.05, 4.69) is 15.6 Å². The highest BCUT2D eigenvalue weighted by molar-refractivity contribution is 5.94. The van der Waals surface area contributed by atoms with Crippen molar-refractivity contribution in [3.05, 3.63) is 86.6 Å². The molecule has 3 aromatic rings. The largest absolute Gasteiger partial charge is 0.383 e. The smallest absolute Gasteiger partial charge is 0.330 e. The fourth-order valence-electron chi connectivity index (χ4n) is 2.90. The SMILES string of the molecule is CC(=O)Nc1ccc(CC(=O)Nc2c(N)[nH]c(=O)n(Cc3ccccc3)c2=O)cc1. The second-order valence-electron chi connectivity index (χ2n) is 6.70. The number of hydrogen-bond donors (Lipinski definition) is 4. The van der Waals surface area contributed by atoms with Crippen molar-refractivity contribution in [3.63, 3.8) is 0 Å². The first-order valence-corrected chi connectivity index (χ1v) is 9.16. The van der Waals surface area contributed by atoms with Crippen molar-refractivity contribution in [1.29, 1.82) is 0 Å². The van der Waals surface area contributed by atoms with Gasteiger partial charge in [0, 0.05) is 12.6 Å². The quantitative estimate of drug-likeness (QED) is 0.488. The number of anilines is 3. The standard InChI is InChI=1S/C21H21N5O4/c1-13(27)23-16-9-7-14(8-10-16)11-17(28)24-18-19(22)25-21(30)26(20(18)29)12-15-5-3-2-4-6-15/h2-10H,11-12,22H2,1H3,(H,23,27)(H,24,28)(H,25,30). The Morgan fingerprint density at radius 1 is 0.967 bits per heavy atom. The van der Waals surface area contributed by atoms with E-state index in [0.29, 0.717) is 11.3 Å². The van der Waals surface area contributed by atoms with E-state index < -0.39 is 17.2 Å². The van der Waals surface area contributed by atoms with Crippen LogP contribution in [0.5, 0.6) is 0 Å². The summed E-state index contributed by atoms with van der Waals surface area (Å²) in [5.74, 6) is -0.867. The van der Waals surface area contributed by atoms with Gasteiger partial charge in [0.1, 0.15) is 11.5 Å². The van der Waals surface area contributed by atoms with Gasteiger partial charge in [0.25, 0.3) is 5.56 Å². The second kappa shape index (κ2) is 8.91. The van der Waals surface area contributed by atoms with Crippen molar-refractivity contribution < 1.29 is 9.59 Å². The van der Waals surface area contributed by atoms with Crippen molar-refractivity contribution in [2.45, 2.75) is 19.9 Å². The second-order valence-corrected chi connectivity index (χ2v) is 6.70. The maximum absolute atomic E-state index is 12.8. The average Bonchev–Trinajstić information content (AvgIpc) is 2.70. The third kappa shape index (κ3) is 5.02. The van der Waals surface area contributed by atoms with Gasteiger partial charge in [-0.2, -0.15) is 0 Å². The Balaban J connectivity index is 1.78. The number of rotatable bonds is 6. The Morgan fingerprint density at radius 2 is 1.63 bits per heavy atom. The maximum Gasteiger partial charge on any atom is 0.330 e. The molecule has 1 heterocycles. The van der Waals surface area contributed by atoms with Gasteiger partial charge in [0.05, 0.1) is 13.0 Å². The molecule has 0 atom stereocenters. The summed E-state index contributed by atoms with van der Waals surface area (Å²) in [6.45, 7) is 1.45. The molecule has 2 aromatic carbocycles. The lowest BCUT2D eigenvalue weighted by Gasteiger charge is -2.11. The zero-order chi connectivity index (χ0) is 21.7. The molecular weight excluding hydrogens is 386 g/mol. The average molecular weight is 407 g/mol. The summed E-state index contributed by atoms with van der Waals surface area (Å²) in [5.41, 5.74) is 6.29. The summed E-state index contributed by atoms with van der Waals surface area (Å²) in [5, 5.41) is 5.13. The number of nitrogen functional groups attached to an aromatic ring is 1. The molecule has 0 aliphatic heterocycles. The lowest BCUT2D eigenvalue weighted by Crippen LogP contribution is -2.38. The highest BCUT2D eigenvalue weighted by Crippen LogP contribution is 2.12. The Kier molecular flexibility index (Phi) is 6.11. The fourth-order valence-corrected chi connectivity index (χ4v) is 2.90. The summed E-state index contributed by atoms with van der Waals surface area (Å²) in [4.78, 5) is 50.8. The van der Waals surface area contributed by atoms with Crippen LogP contribution in [0.4, 0.5) is 17.2 Å². The number of carbonyl (C=O) groups is 2. The fraction of sp³-hybridized carbons (Fsp3) is 0.143. The number of H-pyrrole nitrogens is 1. The third-order valence-corrected chi connectivity index (χ3v) is 4.30. The number of carbonyl (C=O) groups excluding carboxylic acids is 2. The molecule has 2 amide bonds. The van der Waals surface area contributed by atoms with Crippen LogP contribution in [0.2, 0.25) is 0 Å². The Bertz CT molecular complexity index is 1180. The number of benzene rings is 2. The molecule has 0 aliphatic carbocycles. The highest BCUT2D eigenvalue weighted by Gasteiger charge is 2.15. The lowest BCUT2D eigenvalue weighted by molar-refractivity contribution is -0.116. The first kappa shape index (κ1) is 20.6. The van der Waals surface area contributed by atoms with Gasteiger partial charge in [0.2, 0.25) is 11.8 Å². The summed E-state index contributed by atoms with van der Waals surface area (Å²) < 4.78 is 0.976. The van der Waals surface area contributed by atoms with Gasteiger partial charge in [-0.15, -0.1) is 0 Å². The maximum atomic E-state index is 12.8. The van der Waals surface area contributed by atoms with Crippen molar-refractivity contribution in [2.75, 3.05) is 16.4 Å². The molecule has 0 aliphatic rings. The molecule has 9 nitrogen and oxygen atoms in total. The first-order valence-electron chi connectivity index (χ1n) is 9.16. The topological polar surface area (TPSA) is 139 Å². The monoisotopic (exact) mass is 407 g/mol. The predicted molar refractivity (Wildman–Crippen MR) is 114 cm³/mol. The third-order valence-electron chi connectivity index (χ3n) is 4.30. The van der Waals surface area contributed by atoms with Crippen molar-refractivity contribution in [3.8, 4) is 0 Å². The van der Waals surface area contributed by atoms with Crippen LogP contribution in [-0.2, 0) is 22.6 Å². The molecule has 0 bridgehead atoms. The van der Waals surface area contributed by atoms with Crippen LogP contribution in [0.3, 0.4) is 0 Å². The molecule has 5 N–H and O–H groups in total. The first-order chi connectivity index (χ1) is 14.3. The highest BCUT2D eigenvalue weighted by atomic mass is 16.2. The Hall–Kier alpha value is -4.14. The summed E-state index contributed by atoms with van der Waals surface area (Å²) >= 11 is 0. The molecule has 0 saturated heterocycles. The predicted octanol–water partition coefficient (Wildman–Crippen LogP) is 1.31. The van der Waals surface area contributed by atoms with Crippen LogP contribution in [0.25, 0.3) is 0 Å². The molecule has 0 saturated carbocycles. The van der Waals surface area contributed by atoms with Gasteiger partial charge in [-0.05, 0) is 23.3 Å². The number of aromatic nitrogens is 2. The molecule has 30 heavy (non-hydrogen) atoms. The van der Waals surface area contributed by atoms with E-state index >= 15 is 0 Å². The molecule has 1 aromatic heterocycles. The van der Waals surface area contributed by atoms with Gasteiger partial charge in [-0.3, -0.25) is 23.9 Å². The molecule has 154 valence electrons. The van der Waals surface area contributed by atoms with Crippen molar-refractivity contribution in [1.82, 2.24) is 9.55 Å². The molecule has 0 radical (unpaired) electrons. The zero-order valence-corrected chi connectivity index (χ0v) is 16.3. The van der Waals surface area contributed by atoms with Gasteiger partial charge in [-0.1, -0.05) is 42.5 Å². The summed E-state index contributed by atoms with van der Waals surface area (Å²) in [6.07, 6.45) is -0.0168. The number of nitrogens with two attached hydrogens (primary N) is 1. The minimum Gasteiger partial charge on any atom is -0.383 e. The van der Waals surface area contributed by atoms with Crippen molar-refractivity contribution >= 4 is 29.0 Å². The van der Waals surface area contributed by atoms with Gasteiger partial charge < -0.3 is 16.4 Å². The minimum absolute atomic E-state index is 0.0168. The van der Waals surface area contributed by atoms with Crippen LogP contribution in [0, 0.1) is 0 Å². The Labute approximate surface area is 171 Å². The van der Waals surface area contributed by atoms with Gasteiger partial charge >= 0.3 is 5.69 Å². The zero-order valence-electron chi connectivity index (χ0n) is 16.3. The molecule has 0 spiro atoms. The van der Waals surface area contributed by atoms with E-state index in [0.717, 1.165) is 10.1 Å². The molecule has 0 fully saturated rings. The molecule has 3 rings (SSSR count). The number of aromatic amines is 1. The molecular formula is C21H21N5O4. The summed E-state index contributed by atoms with van der Waals surface area (Å²) in [6, 6.07) is 15.7.